The van der Waals surface area contributed by atoms with Crippen LogP contribution in [0.15, 0.2) is 30.3 Å². The topological polar surface area (TPSA) is 106 Å². The molecule has 186 valence electrons. The molecular weight excluding hydrogens is 434 g/mol. The molecular formula is C25H37N5O4. The van der Waals surface area contributed by atoms with Crippen LogP contribution in [0.2, 0.25) is 0 Å². The van der Waals surface area contributed by atoms with Crippen molar-refractivity contribution in [3.05, 3.63) is 30.3 Å². The van der Waals surface area contributed by atoms with Gasteiger partial charge in [-0.2, -0.15) is 5.26 Å². The van der Waals surface area contributed by atoms with Gasteiger partial charge in [0.25, 0.3) is 0 Å². The highest BCUT2D eigenvalue weighted by Gasteiger charge is 2.25. The highest BCUT2D eigenvalue weighted by molar-refractivity contribution is 5.95. The summed E-state index contributed by atoms with van der Waals surface area (Å²) in [5.74, 6) is -0.323. The number of rotatable bonds is 10. The molecule has 0 aliphatic carbocycles. The summed E-state index contributed by atoms with van der Waals surface area (Å²) in [5.41, 5.74) is 0.239. The number of carbonyl (C=O) groups is 3. The molecule has 0 bridgehead atoms. The number of hydrogen-bond donors (Lipinski definition) is 1. The molecule has 0 saturated carbocycles. The van der Waals surface area contributed by atoms with E-state index in [1.54, 1.807) is 9.80 Å². The summed E-state index contributed by atoms with van der Waals surface area (Å²) < 4.78 is 5.42. The summed E-state index contributed by atoms with van der Waals surface area (Å²) >= 11 is 0. The van der Waals surface area contributed by atoms with Gasteiger partial charge in [-0.25, -0.2) is 4.79 Å². The first kappa shape index (κ1) is 27.1. The lowest BCUT2D eigenvalue weighted by molar-refractivity contribution is -0.125. The van der Waals surface area contributed by atoms with Gasteiger partial charge >= 0.3 is 6.09 Å². The van der Waals surface area contributed by atoms with E-state index in [4.69, 9.17) is 10.00 Å². The van der Waals surface area contributed by atoms with Gasteiger partial charge in [0.05, 0.1) is 12.5 Å². The van der Waals surface area contributed by atoms with Gasteiger partial charge in [0.1, 0.15) is 5.60 Å². The Kier molecular flexibility index (Phi) is 10.8. The fourth-order valence-corrected chi connectivity index (χ4v) is 3.62. The zero-order chi connectivity index (χ0) is 25.0. The first-order chi connectivity index (χ1) is 16.2. The zero-order valence-electron chi connectivity index (χ0n) is 20.6. The number of anilines is 1. The Morgan fingerprint density at radius 1 is 1.09 bits per heavy atom. The molecule has 9 nitrogen and oxygen atoms in total. The molecule has 0 spiro atoms. The maximum Gasteiger partial charge on any atom is 0.410 e. The SMILES string of the molecule is CC(C)(C)OC(=O)N1CCN(CCCNC(=O)CCC(=O)N(CCC#N)c2ccccc2)CC1. The van der Waals surface area contributed by atoms with E-state index < -0.39 is 5.60 Å². The molecule has 1 saturated heterocycles. The van der Waals surface area contributed by atoms with Crippen LogP contribution < -0.4 is 10.2 Å². The molecule has 1 aliphatic rings. The van der Waals surface area contributed by atoms with Gasteiger partial charge < -0.3 is 19.9 Å². The highest BCUT2D eigenvalue weighted by atomic mass is 16.6. The standard InChI is InChI=1S/C25H37N5O4/c1-25(2,3)34-24(33)29-19-17-28(18-20-29)15-8-14-27-22(31)11-12-23(32)30(16-7-13-26)21-9-5-4-6-10-21/h4-6,9-10H,7-8,11-12,14-20H2,1-3H3,(H,27,31). The van der Waals surface area contributed by atoms with Crippen molar-refractivity contribution < 1.29 is 19.1 Å². The minimum absolute atomic E-state index is 0.0960. The van der Waals surface area contributed by atoms with Gasteiger partial charge in [0.15, 0.2) is 0 Å². The van der Waals surface area contributed by atoms with Gasteiger partial charge in [-0.15, -0.1) is 0 Å². The molecule has 0 radical (unpaired) electrons. The van der Waals surface area contributed by atoms with E-state index in [1.165, 1.54) is 0 Å². The van der Waals surface area contributed by atoms with Gasteiger partial charge in [-0.05, 0) is 45.9 Å². The third-order valence-corrected chi connectivity index (χ3v) is 5.38. The lowest BCUT2D eigenvalue weighted by Gasteiger charge is -2.35. The largest absolute Gasteiger partial charge is 0.444 e. The number of hydrogen-bond acceptors (Lipinski definition) is 6. The van der Waals surface area contributed by atoms with Crippen LogP contribution in [0.3, 0.4) is 0 Å². The van der Waals surface area contributed by atoms with Crippen LogP contribution in [-0.2, 0) is 14.3 Å². The van der Waals surface area contributed by atoms with Crippen LogP contribution in [-0.4, -0.2) is 79.1 Å². The van der Waals surface area contributed by atoms with Crippen molar-refractivity contribution in [2.24, 2.45) is 0 Å². The van der Waals surface area contributed by atoms with E-state index >= 15 is 0 Å². The molecule has 1 N–H and O–H groups in total. The number of benzene rings is 1. The van der Waals surface area contributed by atoms with E-state index in [-0.39, 0.29) is 37.2 Å². The Bertz CT molecular complexity index is 839. The molecule has 0 unspecified atom stereocenters. The van der Waals surface area contributed by atoms with Crippen LogP contribution >= 0.6 is 0 Å². The first-order valence-electron chi connectivity index (χ1n) is 11.9. The number of nitriles is 1. The number of amides is 3. The van der Waals surface area contributed by atoms with Crippen molar-refractivity contribution in [2.45, 2.75) is 52.1 Å². The Morgan fingerprint density at radius 2 is 1.76 bits per heavy atom. The lowest BCUT2D eigenvalue weighted by Crippen LogP contribution is -2.50. The van der Waals surface area contributed by atoms with Crippen molar-refractivity contribution in [2.75, 3.05) is 50.7 Å². The maximum absolute atomic E-state index is 12.6. The van der Waals surface area contributed by atoms with Crippen molar-refractivity contribution in [3.63, 3.8) is 0 Å². The van der Waals surface area contributed by atoms with Crippen LogP contribution in [0.5, 0.6) is 0 Å². The maximum atomic E-state index is 12.6. The third-order valence-electron chi connectivity index (χ3n) is 5.38. The number of carbonyl (C=O) groups excluding carboxylic acids is 3. The Balaban J connectivity index is 1.63. The van der Waals surface area contributed by atoms with E-state index in [2.05, 4.69) is 16.3 Å². The minimum atomic E-state index is -0.493. The zero-order valence-corrected chi connectivity index (χ0v) is 20.6. The molecule has 0 aromatic heterocycles. The summed E-state index contributed by atoms with van der Waals surface area (Å²) in [6.45, 7) is 10.1. The fraction of sp³-hybridized carbons (Fsp3) is 0.600. The number of piperazine rings is 1. The summed E-state index contributed by atoms with van der Waals surface area (Å²) in [5, 5.41) is 11.8. The number of para-hydroxylation sites is 1. The Morgan fingerprint density at radius 3 is 2.38 bits per heavy atom. The third kappa shape index (κ3) is 9.79. The average Bonchev–Trinajstić information content (AvgIpc) is 2.80. The van der Waals surface area contributed by atoms with Crippen LogP contribution in [0.25, 0.3) is 0 Å². The average molecular weight is 472 g/mol. The molecule has 3 amide bonds. The van der Waals surface area contributed by atoms with Gasteiger partial charge in [0, 0.05) is 57.8 Å². The highest BCUT2D eigenvalue weighted by Crippen LogP contribution is 2.16. The van der Waals surface area contributed by atoms with Crippen molar-refractivity contribution >= 4 is 23.6 Å². The van der Waals surface area contributed by atoms with Gasteiger partial charge in [-0.1, -0.05) is 18.2 Å². The molecule has 1 heterocycles. The van der Waals surface area contributed by atoms with Gasteiger partial charge in [-0.3, -0.25) is 14.5 Å². The molecule has 2 rings (SSSR count). The quantitative estimate of drug-likeness (QED) is 0.526. The molecule has 0 atom stereocenters. The van der Waals surface area contributed by atoms with Crippen molar-refractivity contribution in [1.82, 2.24) is 15.1 Å². The number of nitrogens with one attached hydrogen (secondary N) is 1. The summed E-state index contributed by atoms with van der Waals surface area (Å²) in [6, 6.07) is 11.3. The summed E-state index contributed by atoms with van der Waals surface area (Å²) in [7, 11) is 0. The Hall–Kier alpha value is -3.12. The second-order valence-corrected chi connectivity index (χ2v) is 9.30. The van der Waals surface area contributed by atoms with Crippen LogP contribution in [0.1, 0.15) is 46.5 Å². The fourth-order valence-electron chi connectivity index (χ4n) is 3.62. The molecule has 1 fully saturated rings. The van der Waals surface area contributed by atoms with E-state index in [0.29, 0.717) is 26.2 Å². The molecule has 34 heavy (non-hydrogen) atoms. The predicted octanol–water partition coefficient (Wildman–Crippen LogP) is 2.77. The second-order valence-electron chi connectivity index (χ2n) is 9.30. The second kappa shape index (κ2) is 13.6. The Labute approximate surface area is 202 Å². The van der Waals surface area contributed by atoms with Crippen molar-refractivity contribution in [1.29, 1.82) is 5.26 Å². The normalized spacial score (nSPS) is 14.2. The first-order valence-corrected chi connectivity index (χ1v) is 11.9. The van der Waals surface area contributed by atoms with E-state index in [1.807, 2.05) is 51.1 Å². The van der Waals surface area contributed by atoms with Crippen molar-refractivity contribution in [3.8, 4) is 6.07 Å². The monoisotopic (exact) mass is 471 g/mol. The van der Waals surface area contributed by atoms with E-state index in [9.17, 15) is 14.4 Å². The molecule has 1 aromatic rings. The number of ether oxygens (including phenoxy) is 1. The van der Waals surface area contributed by atoms with Crippen LogP contribution in [0.4, 0.5) is 10.5 Å². The summed E-state index contributed by atoms with van der Waals surface area (Å²) in [6.07, 6.45) is 0.971. The van der Waals surface area contributed by atoms with Gasteiger partial charge in [0.2, 0.25) is 11.8 Å². The minimum Gasteiger partial charge on any atom is -0.444 e. The summed E-state index contributed by atoms with van der Waals surface area (Å²) in [4.78, 5) is 42.5. The molecule has 9 heteroatoms. The molecule has 1 aliphatic heterocycles. The smallest absolute Gasteiger partial charge is 0.410 e. The number of nitrogens with zero attached hydrogens (tertiary/aromatic N) is 4. The molecule has 1 aromatic carbocycles. The predicted molar refractivity (Wildman–Crippen MR) is 130 cm³/mol. The van der Waals surface area contributed by atoms with E-state index in [0.717, 1.165) is 31.7 Å². The van der Waals surface area contributed by atoms with Crippen LogP contribution in [0, 0.1) is 11.3 Å². The lowest BCUT2D eigenvalue weighted by atomic mass is 10.2.